The van der Waals surface area contributed by atoms with Gasteiger partial charge in [-0.3, -0.25) is 0 Å². The van der Waals surface area contributed by atoms with E-state index >= 15 is 0 Å². The molecular formula is C15H19F. The zero-order chi connectivity index (χ0) is 12.1. The molecule has 1 aliphatic carbocycles. The van der Waals surface area contributed by atoms with Gasteiger partial charge in [0.25, 0.3) is 0 Å². The highest BCUT2D eigenvalue weighted by Crippen LogP contribution is 2.52. The second-order valence-corrected chi connectivity index (χ2v) is 5.22. The van der Waals surface area contributed by atoms with Crippen molar-refractivity contribution in [2.75, 3.05) is 0 Å². The summed E-state index contributed by atoms with van der Waals surface area (Å²) in [4.78, 5) is 0. The highest BCUT2D eigenvalue weighted by molar-refractivity contribution is 5.55. The quantitative estimate of drug-likeness (QED) is 0.601. The minimum absolute atomic E-state index is 0.128. The Morgan fingerprint density at radius 1 is 1.38 bits per heavy atom. The molecule has 0 spiro atoms. The second kappa shape index (κ2) is 3.44. The molecule has 1 heteroatoms. The molecule has 2 rings (SSSR count). The Bertz CT molecular complexity index is 441. The third-order valence-corrected chi connectivity index (χ3v) is 3.81. The average molecular weight is 218 g/mol. The predicted octanol–water partition coefficient (Wildman–Crippen LogP) is 4.67. The van der Waals surface area contributed by atoms with Crippen molar-refractivity contribution >= 4 is 0 Å². The molecule has 0 aliphatic heterocycles. The first kappa shape index (κ1) is 11.4. The van der Waals surface area contributed by atoms with Crippen LogP contribution in [0.1, 0.15) is 56.2 Å². The molecule has 0 radical (unpaired) electrons. The number of halogens is 1. The molecule has 2 atom stereocenters. The Labute approximate surface area is 97.2 Å². The lowest BCUT2D eigenvalue weighted by atomic mass is 9.88. The van der Waals surface area contributed by atoms with Gasteiger partial charge in [0.2, 0.25) is 0 Å². The molecule has 0 saturated heterocycles. The Hall–Kier alpha value is -1.11. The van der Waals surface area contributed by atoms with Gasteiger partial charge in [-0.2, -0.15) is 0 Å². The van der Waals surface area contributed by atoms with Gasteiger partial charge in [0.1, 0.15) is 0 Å². The summed E-state index contributed by atoms with van der Waals surface area (Å²) in [5.74, 6) is 0.479. The Morgan fingerprint density at radius 3 is 2.56 bits per heavy atom. The van der Waals surface area contributed by atoms with Crippen molar-refractivity contribution in [3.63, 3.8) is 0 Å². The summed E-state index contributed by atoms with van der Waals surface area (Å²) >= 11 is 0. The zero-order valence-electron chi connectivity index (χ0n) is 10.5. The van der Waals surface area contributed by atoms with Gasteiger partial charge in [-0.05, 0) is 29.5 Å². The van der Waals surface area contributed by atoms with Gasteiger partial charge in [0.15, 0.2) is 5.67 Å². The van der Waals surface area contributed by atoms with Crippen LogP contribution in [-0.2, 0) is 5.67 Å². The van der Waals surface area contributed by atoms with Crippen LogP contribution in [0.5, 0.6) is 0 Å². The van der Waals surface area contributed by atoms with Crippen LogP contribution in [0.4, 0.5) is 4.39 Å². The summed E-state index contributed by atoms with van der Waals surface area (Å²) in [5.41, 5.74) is 2.42. The van der Waals surface area contributed by atoms with E-state index in [-0.39, 0.29) is 5.92 Å². The summed E-state index contributed by atoms with van der Waals surface area (Å²) in [5, 5.41) is 0. The van der Waals surface area contributed by atoms with Crippen LogP contribution in [0, 0.1) is 0 Å². The predicted molar refractivity (Wildman–Crippen MR) is 66.5 cm³/mol. The molecular weight excluding hydrogens is 199 g/mol. The van der Waals surface area contributed by atoms with Crippen molar-refractivity contribution in [1.29, 1.82) is 0 Å². The minimum atomic E-state index is -1.37. The van der Waals surface area contributed by atoms with Crippen LogP contribution < -0.4 is 0 Å². The lowest BCUT2D eigenvalue weighted by Gasteiger charge is -2.21. The third-order valence-electron chi connectivity index (χ3n) is 3.81. The lowest BCUT2D eigenvalue weighted by molar-refractivity contribution is 0.248. The number of hydrogen-bond acceptors (Lipinski definition) is 0. The first-order valence-corrected chi connectivity index (χ1v) is 5.88. The maximum Gasteiger partial charge on any atom is 0.155 e. The van der Waals surface area contributed by atoms with E-state index in [1.807, 2.05) is 25.1 Å². The zero-order valence-corrected chi connectivity index (χ0v) is 10.5. The Balaban J connectivity index is 2.73. The van der Waals surface area contributed by atoms with Crippen LogP contribution in [0.3, 0.4) is 0 Å². The Morgan fingerprint density at radius 2 is 2.00 bits per heavy atom. The monoisotopic (exact) mass is 218 g/mol. The van der Waals surface area contributed by atoms with E-state index in [0.717, 1.165) is 16.7 Å². The Kier molecular flexibility index (Phi) is 2.45. The summed E-state index contributed by atoms with van der Waals surface area (Å²) in [6.45, 7) is 11.8. The van der Waals surface area contributed by atoms with Crippen molar-refractivity contribution in [1.82, 2.24) is 0 Å². The summed E-state index contributed by atoms with van der Waals surface area (Å²) in [6, 6.07) is 6.09. The van der Waals surface area contributed by atoms with Gasteiger partial charge >= 0.3 is 0 Å². The van der Waals surface area contributed by atoms with Crippen LogP contribution in [0.15, 0.2) is 30.4 Å². The molecule has 0 nitrogen and oxygen atoms in total. The number of allylic oxidation sites excluding steroid dienone is 1. The molecule has 0 heterocycles. The normalized spacial score (nSPS) is 28.6. The highest BCUT2D eigenvalue weighted by atomic mass is 19.1. The van der Waals surface area contributed by atoms with Crippen molar-refractivity contribution in [3.05, 3.63) is 47.0 Å². The van der Waals surface area contributed by atoms with Gasteiger partial charge in [0, 0.05) is 11.5 Å². The molecule has 16 heavy (non-hydrogen) atoms. The largest absolute Gasteiger partial charge is 0.234 e. The SMILES string of the molecule is C=C1C(C)c2cccc(C(C)C)c2C1(C)F. The molecule has 1 aliphatic rings. The summed E-state index contributed by atoms with van der Waals surface area (Å²) < 4.78 is 14.8. The molecule has 0 fully saturated rings. The van der Waals surface area contributed by atoms with Crippen molar-refractivity contribution in [2.24, 2.45) is 0 Å². The first-order valence-electron chi connectivity index (χ1n) is 5.88. The maximum absolute atomic E-state index is 14.8. The van der Waals surface area contributed by atoms with Crippen LogP contribution in [0.25, 0.3) is 0 Å². The topological polar surface area (TPSA) is 0 Å². The number of alkyl halides is 1. The molecule has 0 aromatic heterocycles. The fourth-order valence-electron chi connectivity index (χ4n) is 2.73. The molecule has 0 N–H and O–H groups in total. The third kappa shape index (κ3) is 1.34. The summed E-state index contributed by atoms with van der Waals surface area (Å²) in [7, 11) is 0. The van der Waals surface area contributed by atoms with E-state index in [2.05, 4.69) is 20.4 Å². The van der Waals surface area contributed by atoms with Crippen LogP contribution >= 0.6 is 0 Å². The van der Waals surface area contributed by atoms with E-state index in [1.165, 1.54) is 0 Å². The molecule has 2 unspecified atom stereocenters. The fraction of sp³-hybridized carbons (Fsp3) is 0.467. The first-order chi connectivity index (χ1) is 7.37. The number of rotatable bonds is 1. The van der Waals surface area contributed by atoms with E-state index in [4.69, 9.17) is 0 Å². The molecule has 0 saturated carbocycles. The lowest BCUT2D eigenvalue weighted by Crippen LogP contribution is -2.15. The number of hydrogen-bond donors (Lipinski definition) is 0. The molecule has 0 amide bonds. The highest BCUT2D eigenvalue weighted by Gasteiger charge is 2.43. The van der Waals surface area contributed by atoms with Crippen LogP contribution in [-0.4, -0.2) is 0 Å². The van der Waals surface area contributed by atoms with Gasteiger partial charge in [-0.1, -0.05) is 45.5 Å². The molecule has 86 valence electrons. The molecule has 1 aromatic carbocycles. The van der Waals surface area contributed by atoms with Crippen molar-refractivity contribution < 1.29 is 4.39 Å². The standard InChI is InChI=1S/C15H19F/c1-9(2)12-7-6-8-13-10(3)11(4)15(5,16)14(12)13/h6-10H,4H2,1-3,5H3. The maximum atomic E-state index is 14.8. The average Bonchev–Trinajstić information content (AvgIpc) is 2.41. The molecule has 1 aromatic rings. The van der Waals surface area contributed by atoms with E-state index in [0.29, 0.717) is 11.5 Å². The van der Waals surface area contributed by atoms with E-state index < -0.39 is 5.67 Å². The smallest absolute Gasteiger partial charge is 0.155 e. The van der Waals surface area contributed by atoms with E-state index in [9.17, 15) is 4.39 Å². The van der Waals surface area contributed by atoms with Crippen molar-refractivity contribution in [2.45, 2.75) is 45.2 Å². The van der Waals surface area contributed by atoms with Crippen LogP contribution in [0.2, 0.25) is 0 Å². The van der Waals surface area contributed by atoms with Gasteiger partial charge < -0.3 is 0 Å². The second-order valence-electron chi connectivity index (χ2n) is 5.22. The summed E-state index contributed by atoms with van der Waals surface area (Å²) in [6.07, 6.45) is 0. The van der Waals surface area contributed by atoms with Crippen molar-refractivity contribution in [3.8, 4) is 0 Å². The van der Waals surface area contributed by atoms with Gasteiger partial charge in [0.05, 0.1) is 0 Å². The van der Waals surface area contributed by atoms with E-state index in [1.54, 1.807) is 6.92 Å². The number of fused-ring (bicyclic) bond motifs is 1. The molecule has 0 bridgehead atoms. The number of benzene rings is 1. The van der Waals surface area contributed by atoms with Gasteiger partial charge in [-0.25, -0.2) is 4.39 Å². The fourth-order valence-corrected chi connectivity index (χ4v) is 2.73. The minimum Gasteiger partial charge on any atom is -0.234 e. The van der Waals surface area contributed by atoms with Gasteiger partial charge in [-0.15, -0.1) is 0 Å².